The first-order valence-electron chi connectivity index (χ1n) is 10.2. The number of thiazole rings is 1. The lowest BCUT2D eigenvalue weighted by Gasteiger charge is -2.34. The zero-order valence-electron chi connectivity index (χ0n) is 16.9. The van der Waals surface area contributed by atoms with Crippen LogP contribution in [0.3, 0.4) is 0 Å². The van der Waals surface area contributed by atoms with Crippen LogP contribution in [-0.4, -0.2) is 48.6 Å². The highest BCUT2D eigenvalue weighted by Gasteiger charge is 2.23. The minimum atomic E-state index is 0.0303. The largest absolute Gasteiger partial charge is 0.484 e. The van der Waals surface area contributed by atoms with Crippen molar-refractivity contribution >= 4 is 43.4 Å². The summed E-state index contributed by atoms with van der Waals surface area (Å²) in [6, 6.07) is 20.4. The van der Waals surface area contributed by atoms with E-state index in [0.29, 0.717) is 13.1 Å². The zero-order chi connectivity index (χ0) is 20.5. The van der Waals surface area contributed by atoms with Crippen molar-refractivity contribution < 1.29 is 9.53 Å². The molecule has 0 N–H and O–H groups in total. The highest BCUT2D eigenvalue weighted by molar-refractivity contribution is 7.22. The predicted molar refractivity (Wildman–Crippen MR) is 123 cm³/mol. The normalized spacial score (nSPS) is 14.4. The van der Waals surface area contributed by atoms with Gasteiger partial charge >= 0.3 is 0 Å². The van der Waals surface area contributed by atoms with Crippen LogP contribution in [0.2, 0.25) is 0 Å². The first-order valence-corrected chi connectivity index (χ1v) is 11.0. The molecule has 6 heteroatoms. The second-order valence-electron chi connectivity index (χ2n) is 7.63. The molecule has 0 atom stereocenters. The van der Waals surface area contributed by atoms with Gasteiger partial charge in [0, 0.05) is 26.2 Å². The van der Waals surface area contributed by atoms with E-state index < -0.39 is 0 Å². The van der Waals surface area contributed by atoms with Crippen molar-refractivity contribution in [2.75, 3.05) is 37.7 Å². The van der Waals surface area contributed by atoms with Crippen LogP contribution in [0, 0.1) is 6.92 Å². The van der Waals surface area contributed by atoms with Gasteiger partial charge in [-0.15, -0.1) is 0 Å². The minimum Gasteiger partial charge on any atom is -0.484 e. The standard InChI is InChI=1S/C24H23N3O2S/c1-17-6-9-21-22(14-17)30-24(25-21)27-12-10-26(11-13-27)23(28)16-29-20-8-7-18-4-2-3-5-19(18)15-20/h2-9,14-15H,10-13,16H2,1H3. The fourth-order valence-corrected chi connectivity index (χ4v) is 4.91. The van der Waals surface area contributed by atoms with E-state index in [2.05, 4.69) is 36.1 Å². The van der Waals surface area contributed by atoms with E-state index in [4.69, 9.17) is 9.72 Å². The molecule has 1 amide bonds. The number of fused-ring (bicyclic) bond motifs is 2. The van der Waals surface area contributed by atoms with Gasteiger partial charge in [-0.1, -0.05) is 47.7 Å². The van der Waals surface area contributed by atoms with Crippen LogP contribution in [0.25, 0.3) is 21.0 Å². The van der Waals surface area contributed by atoms with E-state index in [1.807, 2.05) is 41.3 Å². The molecule has 1 saturated heterocycles. The lowest BCUT2D eigenvalue weighted by atomic mass is 10.1. The number of carbonyl (C=O) groups is 1. The van der Waals surface area contributed by atoms with Gasteiger partial charge < -0.3 is 14.5 Å². The summed E-state index contributed by atoms with van der Waals surface area (Å²) in [5.41, 5.74) is 2.29. The number of hydrogen-bond donors (Lipinski definition) is 0. The summed E-state index contributed by atoms with van der Waals surface area (Å²) >= 11 is 1.72. The van der Waals surface area contributed by atoms with Crippen molar-refractivity contribution in [3.63, 3.8) is 0 Å². The summed E-state index contributed by atoms with van der Waals surface area (Å²) in [5.74, 6) is 0.758. The average Bonchev–Trinajstić information content (AvgIpc) is 3.20. The van der Waals surface area contributed by atoms with Gasteiger partial charge in [0.2, 0.25) is 0 Å². The zero-order valence-corrected chi connectivity index (χ0v) is 17.7. The Morgan fingerprint density at radius 1 is 1.00 bits per heavy atom. The molecule has 1 aliphatic rings. The van der Waals surface area contributed by atoms with Crippen LogP contribution < -0.4 is 9.64 Å². The third kappa shape index (κ3) is 3.83. The smallest absolute Gasteiger partial charge is 0.260 e. The van der Waals surface area contributed by atoms with E-state index >= 15 is 0 Å². The Morgan fingerprint density at radius 3 is 2.63 bits per heavy atom. The summed E-state index contributed by atoms with van der Waals surface area (Å²) in [5, 5.41) is 3.31. The average molecular weight is 418 g/mol. The number of anilines is 1. The molecule has 1 fully saturated rings. The number of carbonyl (C=O) groups excluding carboxylic acids is 1. The topological polar surface area (TPSA) is 45.7 Å². The second kappa shape index (κ2) is 7.95. The van der Waals surface area contributed by atoms with Crippen LogP contribution in [0.15, 0.2) is 60.7 Å². The number of piperazine rings is 1. The van der Waals surface area contributed by atoms with E-state index in [0.717, 1.165) is 40.3 Å². The Kier molecular flexibility index (Phi) is 5.01. The summed E-state index contributed by atoms with van der Waals surface area (Å²) < 4.78 is 6.99. The number of aryl methyl sites for hydroxylation is 1. The highest BCUT2D eigenvalue weighted by Crippen LogP contribution is 2.30. The third-order valence-corrected chi connectivity index (χ3v) is 6.60. The van der Waals surface area contributed by atoms with E-state index in [-0.39, 0.29) is 12.5 Å². The first-order chi connectivity index (χ1) is 14.7. The maximum atomic E-state index is 12.6. The Balaban J connectivity index is 1.17. The van der Waals surface area contributed by atoms with Crippen LogP contribution in [0.4, 0.5) is 5.13 Å². The number of ether oxygens (including phenoxy) is 1. The molecule has 4 aromatic rings. The number of rotatable bonds is 4. The third-order valence-electron chi connectivity index (χ3n) is 5.52. The quantitative estimate of drug-likeness (QED) is 0.491. The number of amides is 1. The lowest BCUT2D eigenvalue weighted by molar-refractivity contribution is -0.133. The molecule has 152 valence electrons. The molecular weight excluding hydrogens is 394 g/mol. The molecule has 2 heterocycles. The molecule has 0 saturated carbocycles. The summed E-state index contributed by atoms with van der Waals surface area (Å²) in [6.07, 6.45) is 0. The van der Waals surface area contributed by atoms with Crippen molar-refractivity contribution in [1.82, 2.24) is 9.88 Å². The van der Waals surface area contributed by atoms with E-state index in [9.17, 15) is 4.79 Å². The van der Waals surface area contributed by atoms with Gasteiger partial charge in [0.15, 0.2) is 11.7 Å². The molecule has 0 bridgehead atoms. The highest BCUT2D eigenvalue weighted by atomic mass is 32.1. The molecule has 0 spiro atoms. The van der Waals surface area contributed by atoms with Crippen LogP contribution in [-0.2, 0) is 4.79 Å². The monoisotopic (exact) mass is 417 g/mol. The Morgan fingerprint density at radius 2 is 1.80 bits per heavy atom. The van der Waals surface area contributed by atoms with Gasteiger partial charge in [-0.3, -0.25) is 4.79 Å². The number of nitrogens with zero attached hydrogens (tertiary/aromatic N) is 3. The molecule has 5 nitrogen and oxygen atoms in total. The molecule has 0 unspecified atom stereocenters. The number of hydrogen-bond acceptors (Lipinski definition) is 5. The molecule has 0 radical (unpaired) electrons. The SMILES string of the molecule is Cc1ccc2nc(N3CCN(C(=O)COc4ccc5ccccc5c4)CC3)sc2c1. The molecule has 0 aliphatic carbocycles. The Bertz CT molecular complexity index is 1210. The van der Waals surface area contributed by atoms with Gasteiger partial charge in [-0.25, -0.2) is 4.98 Å². The summed E-state index contributed by atoms with van der Waals surface area (Å²) in [6.45, 7) is 5.13. The lowest BCUT2D eigenvalue weighted by Crippen LogP contribution is -2.50. The van der Waals surface area contributed by atoms with Gasteiger partial charge in [0.25, 0.3) is 5.91 Å². The Hall–Kier alpha value is -3.12. The van der Waals surface area contributed by atoms with Gasteiger partial charge in [-0.2, -0.15) is 0 Å². The number of benzene rings is 3. The fourth-order valence-electron chi connectivity index (χ4n) is 3.80. The molecule has 1 aromatic heterocycles. The molecular formula is C24H23N3O2S. The van der Waals surface area contributed by atoms with Crippen molar-refractivity contribution in [2.45, 2.75) is 6.92 Å². The van der Waals surface area contributed by atoms with Crippen molar-refractivity contribution in [1.29, 1.82) is 0 Å². The molecule has 5 rings (SSSR count). The van der Waals surface area contributed by atoms with Crippen molar-refractivity contribution in [3.05, 3.63) is 66.2 Å². The van der Waals surface area contributed by atoms with Gasteiger partial charge in [0.05, 0.1) is 10.2 Å². The van der Waals surface area contributed by atoms with E-state index in [1.54, 1.807) is 11.3 Å². The van der Waals surface area contributed by atoms with Crippen molar-refractivity contribution in [2.24, 2.45) is 0 Å². The maximum absolute atomic E-state index is 12.6. The first kappa shape index (κ1) is 18.9. The van der Waals surface area contributed by atoms with Crippen LogP contribution in [0.5, 0.6) is 5.75 Å². The van der Waals surface area contributed by atoms with Gasteiger partial charge in [0.1, 0.15) is 5.75 Å². The summed E-state index contributed by atoms with van der Waals surface area (Å²) in [7, 11) is 0. The molecule has 1 aliphatic heterocycles. The predicted octanol–water partition coefficient (Wildman–Crippen LogP) is 4.49. The molecule has 30 heavy (non-hydrogen) atoms. The van der Waals surface area contributed by atoms with Crippen LogP contribution in [0.1, 0.15) is 5.56 Å². The fraction of sp³-hybridized carbons (Fsp3) is 0.250. The Labute approximate surface area is 179 Å². The summed E-state index contributed by atoms with van der Waals surface area (Å²) in [4.78, 5) is 21.5. The number of aromatic nitrogens is 1. The van der Waals surface area contributed by atoms with Gasteiger partial charge in [-0.05, 0) is 47.5 Å². The maximum Gasteiger partial charge on any atom is 0.260 e. The van der Waals surface area contributed by atoms with Crippen molar-refractivity contribution in [3.8, 4) is 5.75 Å². The van der Waals surface area contributed by atoms with E-state index in [1.165, 1.54) is 10.3 Å². The second-order valence-corrected chi connectivity index (χ2v) is 8.64. The minimum absolute atomic E-state index is 0.0303. The molecule has 3 aromatic carbocycles. The van der Waals surface area contributed by atoms with Crippen LogP contribution >= 0.6 is 11.3 Å².